The molecule has 6 heteroatoms. The Morgan fingerprint density at radius 3 is 2.31 bits per heavy atom. The molecule has 29 heavy (non-hydrogen) atoms. The summed E-state index contributed by atoms with van der Waals surface area (Å²) in [4.78, 5) is 12.5. The van der Waals surface area contributed by atoms with Gasteiger partial charge in [-0.1, -0.05) is 48.9 Å². The molecule has 0 aliphatic rings. The van der Waals surface area contributed by atoms with Crippen molar-refractivity contribution in [3.63, 3.8) is 0 Å². The van der Waals surface area contributed by atoms with Crippen molar-refractivity contribution in [1.29, 1.82) is 0 Å². The highest BCUT2D eigenvalue weighted by Gasteiger charge is 2.12. The first-order chi connectivity index (χ1) is 14.2. The summed E-state index contributed by atoms with van der Waals surface area (Å²) in [6.07, 6.45) is 0.883. The molecule has 0 heterocycles. The third-order valence-electron chi connectivity index (χ3n) is 3.86. The number of para-hydroxylation sites is 3. The Hall–Kier alpha value is -3.18. The maximum Gasteiger partial charge on any atom is 0.262 e. The second kappa shape index (κ2) is 10.4. The summed E-state index contributed by atoms with van der Waals surface area (Å²) in [5.74, 6) is 1.93. The van der Waals surface area contributed by atoms with Gasteiger partial charge in [0.05, 0.1) is 12.3 Å². The fourth-order valence-corrected chi connectivity index (χ4v) is 2.71. The number of amides is 1. The molecule has 0 fully saturated rings. The average Bonchev–Trinajstić information content (AvgIpc) is 2.74. The SMILES string of the molecule is CCCOc1ccccc1OCC(=O)Nc1cc(Cl)ccc1Oc1ccccc1. The molecule has 0 saturated heterocycles. The van der Waals surface area contributed by atoms with Crippen molar-refractivity contribution in [2.45, 2.75) is 13.3 Å². The Labute approximate surface area is 175 Å². The van der Waals surface area contributed by atoms with Crippen molar-refractivity contribution in [2.24, 2.45) is 0 Å². The van der Waals surface area contributed by atoms with E-state index in [2.05, 4.69) is 5.32 Å². The van der Waals surface area contributed by atoms with E-state index in [0.717, 1.165) is 6.42 Å². The molecule has 1 N–H and O–H groups in total. The van der Waals surface area contributed by atoms with Gasteiger partial charge in [-0.15, -0.1) is 0 Å². The van der Waals surface area contributed by atoms with Gasteiger partial charge in [-0.25, -0.2) is 0 Å². The summed E-state index contributed by atoms with van der Waals surface area (Å²) in [5, 5.41) is 3.28. The summed E-state index contributed by atoms with van der Waals surface area (Å²) in [7, 11) is 0. The topological polar surface area (TPSA) is 56.8 Å². The van der Waals surface area contributed by atoms with Gasteiger partial charge in [-0.3, -0.25) is 4.79 Å². The lowest BCUT2D eigenvalue weighted by molar-refractivity contribution is -0.118. The van der Waals surface area contributed by atoms with E-state index in [9.17, 15) is 4.79 Å². The maximum absolute atomic E-state index is 12.5. The van der Waals surface area contributed by atoms with E-state index in [1.54, 1.807) is 24.3 Å². The zero-order chi connectivity index (χ0) is 20.5. The van der Waals surface area contributed by atoms with Crippen molar-refractivity contribution in [2.75, 3.05) is 18.5 Å². The van der Waals surface area contributed by atoms with Crippen LogP contribution in [0.5, 0.6) is 23.0 Å². The molecule has 150 valence electrons. The predicted molar refractivity (Wildman–Crippen MR) is 114 cm³/mol. The van der Waals surface area contributed by atoms with Gasteiger partial charge in [0, 0.05) is 5.02 Å². The van der Waals surface area contributed by atoms with Gasteiger partial charge in [0.1, 0.15) is 5.75 Å². The monoisotopic (exact) mass is 411 g/mol. The second-order valence-corrected chi connectivity index (χ2v) is 6.62. The minimum absolute atomic E-state index is 0.177. The first kappa shape index (κ1) is 20.6. The van der Waals surface area contributed by atoms with E-state index >= 15 is 0 Å². The van der Waals surface area contributed by atoms with Crippen LogP contribution in [0.2, 0.25) is 5.02 Å². The molecule has 3 rings (SSSR count). The van der Waals surface area contributed by atoms with Gasteiger partial charge in [-0.2, -0.15) is 0 Å². The molecule has 0 aliphatic carbocycles. The Morgan fingerprint density at radius 2 is 1.59 bits per heavy atom. The summed E-state index contributed by atoms with van der Waals surface area (Å²) in [6, 6.07) is 21.6. The third kappa shape index (κ3) is 6.16. The number of benzene rings is 3. The van der Waals surface area contributed by atoms with E-state index in [1.165, 1.54) is 0 Å². The first-order valence-corrected chi connectivity index (χ1v) is 9.70. The molecule has 1 amide bonds. The quantitative estimate of drug-likeness (QED) is 0.473. The van der Waals surface area contributed by atoms with Crippen LogP contribution < -0.4 is 19.5 Å². The van der Waals surface area contributed by atoms with E-state index in [0.29, 0.717) is 40.3 Å². The van der Waals surface area contributed by atoms with Gasteiger partial charge in [0.25, 0.3) is 5.91 Å². The van der Waals surface area contributed by atoms with Crippen LogP contribution in [-0.4, -0.2) is 19.1 Å². The molecule has 0 atom stereocenters. The van der Waals surface area contributed by atoms with Crippen LogP contribution in [0.25, 0.3) is 0 Å². The first-order valence-electron chi connectivity index (χ1n) is 9.32. The van der Waals surface area contributed by atoms with Crippen LogP contribution in [0, 0.1) is 0 Å². The van der Waals surface area contributed by atoms with Crippen LogP contribution >= 0.6 is 11.6 Å². The molecule has 0 aromatic heterocycles. The number of ether oxygens (including phenoxy) is 3. The van der Waals surface area contributed by atoms with Crippen molar-refractivity contribution in [3.05, 3.63) is 77.8 Å². The second-order valence-electron chi connectivity index (χ2n) is 6.19. The predicted octanol–water partition coefficient (Wildman–Crippen LogP) is 5.94. The van der Waals surface area contributed by atoms with Gasteiger partial charge < -0.3 is 19.5 Å². The van der Waals surface area contributed by atoms with Crippen LogP contribution in [0.3, 0.4) is 0 Å². The highest BCUT2D eigenvalue weighted by Crippen LogP contribution is 2.32. The zero-order valence-electron chi connectivity index (χ0n) is 16.1. The van der Waals surface area contributed by atoms with Crippen molar-refractivity contribution in [1.82, 2.24) is 0 Å². The number of halogens is 1. The fraction of sp³-hybridized carbons (Fsp3) is 0.174. The maximum atomic E-state index is 12.5. The van der Waals surface area contributed by atoms with Gasteiger partial charge in [0.2, 0.25) is 0 Å². The van der Waals surface area contributed by atoms with Gasteiger partial charge in [0.15, 0.2) is 23.9 Å². The van der Waals surface area contributed by atoms with Gasteiger partial charge >= 0.3 is 0 Å². The van der Waals surface area contributed by atoms with Crippen LogP contribution in [-0.2, 0) is 4.79 Å². The number of rotatable bonds is 9. The number of hydrogen-bond donors (Lipinski definition) is 1. The van der Waals surface area contributed by atoms with Crippen LogP contribution in [0.1, 0.15) is 13.3 Å². The lowest BCUT2D eigenvalue weighted by Crippen LogP contribution is -2.20. The molecule has 0 aliphatic heterocycles. The van der Waals surface area contributed by atoms with E-state index in [1.807, 2.05) is 55.5 Å². The van der Waals surface area contributed by atoms with Gasteiger partial charge in [-0.05, 0) is 48.9 Å². The number of carbonyl (C=O) groups is 1. The zero-order valence-corrected chi connectivity index (χ0v) is 16.8. The Morgan fingerprint density at radius 1 is 0.897 bits per heavy atom. The highest BCUT2D eigenvalue weighted by atomic mass is 35.5. The molecule has 0 unspecified atom stereocenters. The van der Waals surface area contributed by atoms with Crippen molar-refractivity contribution >= 4 is 23.2 Å². The normalized spacial score (nSPS) is 10.3. The number of carbonyl (C=O) groups excluding carboxylic acids is 1. The minimum atomic E-state index is -0.338. The molecule has 0 saturated carbocycles. The molecule has 0 radical (unpaired) electrons. The Balaban J connectivity index is 1.66. The molecular formula is C23H22ClNO4. The molecule has 0 spiro atoms. The van der Waals surface area contributed by atoms with Crippen LogP contribution in [0.15, 0.2) is 72.8 Å². The highest BCUT2D eigenvalue weighted by molar-refractivity contribution is 6.31. The summed E-state index contributed by atoms with van der Waals surface area (Å²) < 4.78 is 17.1. The Bertz CT molecular complexity index is 947. The molecular weight excluding hydrogens is 390 g/mol. The molecule has 5 nitrogen and oxygen atoms in total. The van der Waals surface area contributed by atoms with Crippen molar-refractivity contribution < 1.29 is 19.0 Å². The minimum Gasteiger partial charge on any atom is -0.490 e. The van der Waals surface area contributed by atoms with E-state index in [4.69, 9.17) is 25.8 Å². The molecule has 3 aromatic carbocycles. The fourth-order valence-electron chi connectivity index (χ4n) is 2.53. The third-order valence-corrected chi connectivity index (χ3v) is 4.09. The largest absolute Gasteiger partial charge is 0.490 e. The molecule has 0 bridgehead atoms. The Kier molecular flexibility index (Phi) is 7.36. The van der Waals surface area contributed by atoms with E-state index in [-0.39, 0.29) is 12.5 Å². The average molecular weight is 412 g/mol. The van der Waals surface area contributed by atoms with Crippen LogP contribution in [0.4, 0.5) is 5.69 Å². The number of nitrogens with one attached hydrogen (secondary N) is 1. The number of anilines is 1. The lowest BCUT2D eigenvalue weighted by atomic mass is 10.2. The number of hydrogen-bond acceptors (Lipinski definition) is 4. The summed E-state index contributed by atoms with van der Waals surface area (Å²) in [6.45, 7) is 2.43. The summed E-state index contributed by atoms with van der Waals surface area (Å²) in [5.41, 5.74) is 0.463. The van der Waals surface area contributed by atoms with Crippen molar-refractivity contribution in [3.8, 4) is 23.0 Å². The standard InChI is InChI=1S/C23H22ClNO4/c1-2-14-27-21-10-6-7-11-22(21)28-16-23(26)25-19-15-17(24)12-13-20(19)29-18-8-4-3-5-9-18/h3-13,15H,2,14,16H2,1H3,(H,25,26). The van der Waals surface area contributed by atoms with E-state index < -0.39 is 0 Å². The summed E-state index contributed by atoms with van der Waals surface area (Å²) >= 11 is 6.09. The molecule has 3 aromatic rings. The smallest absolute Gasteiger partial charge is 0.262 e. The lowest BCUT2D eigenvalue weighted by Gasteiger charge is -2.14.